The maximum absolute atomic E-state index is 10.7. The molecule has 3 rings (SSSR count). The summed E-state index contributed by atoms with van der Waals surface area (Å²) in [6.07, 6.45) is 0. The number of hydrogen-bond acceptors (Lipinski definition) is 7. The first-order chi connectivity index (χ1) is 13.7. The smallest absolute Gasteiger partial charge is 0.269 e. The molecule has 0 aliphatic rings. The van der Waals surface area contributed by atoms with Gasteiger partial charge in [0.15, 0.2) is 5.82 Å². The van der Waals surface area contributed by atoms with Gasteiger partial charge in [0.05, 0.1) is 4.92 Å². The topological polar surface area (TPSA) is 109 Å². The third-order valence-corrected chi connectivity index (χ3v) is 5.35. The Morgan fingerprint density at radius 3 is 2.34 bits per heavy atom. The number of ether oxygens (including phenoxy) is 1. The normalized spacial score (nSPS) is 11.4. The van der Waals surface area contributed by atoms with Gasteiger partial charge < -0.3 is 10.6 Å². The zero-order valence-electron chi connectivity index (χ0n) is 16.5. The minimum atomic E-state index is -0.420. The van der Waals surface area contributed by atoms with Gasteiger partial charge in [0.2, 0.25) is 5.16 Å². The Balaban J connectivity index is 1.57. The largest absolute Gasteiger partial charge is 0.486 e. The number of nitro benzene ring substituents is 1. The Morgan fingerprint density at radius 1 is 1.10 bits per heavy atom. The lowest BCUT2D eigenvalue weighted by atomic mass is 9.87. The van der Waals surface area contributed by atoms with Crippen molar-refractivity contribution in [3.8, 4) is 5.75 Å². The average Bonchev–Trinajstić information content (AvgIpc) is 3.04. The molecule has 0 amide bonds. The summed E-state index contributed by atoms with van der Waals surface area (Å²) in [5, 5.41) is 19.4. The van der Waals surface area contributed by atoms with Crippen molar-refractivity contribution in [3.05, 3.63) is 75.6 Å². The maximum Gasteiger partial charge on any atom is 0.269 e. The van der Waals surface area contributed by atoms with Gasteiger partial charge in [-0.15, -0.1) is 10.2 Å². The molecule has 0 unspecified atom stereocenters. The average molecular weight is 414 g/mol. The molecule has 9 heteroatoms. The van der Waals surface area contributed by atoms with E-state index in [1.165, 1.54) is 34.1 Å². The van der Waals surface area contributed by atoms with Crippen molar-refractivity contribution in [3.63, 3.8) is 0 Å². The molecule has 0 radical (unpaired) electrons. The van der Waals surface area contributed by atoms with E-state index in [1.807, 2.05) is 24.3 Å². The Hall–Kier alpha value is -3.07. The van der Waals surface area contributed by atoms with Crippen LogP contribution < -0.4 is 10.6 Å². The predicted molar refractivity (Wildman–Crippen MR) is 112 cm³/mol. The summed E-state index contributed by atoms with van der Waals surface area (Å²) in [4.78, 5) is 10.3. The number of rotatable bonds is 7. The van der Waals surface area contributed by atoms with E-state index in [4.69, 9.17) is 10.6 Å². The van der Waals surface area contributed by atoms with Crippen LogP contribution in [0.5, 0.6) is 5.75 Å². The molecule has 0 saturated carbocycles. The second-order valence-corrected chi connectivity index (χ2v) is 8.49. The van der Waals surface area contributed by atoms with E-state index in [2.05, 4.69) is 31.0 Å². The summed E-state index contributed by atoms with van der Waals surface area (Å²) >= 11 is 1.40. The van der Waals surface area contributed by atoms with Crippen molar-refractivity contribution in [2.75, 3.05) is 5.84 Å². The van der Waals surface area contributed by atoms with Gasteiger partial charge in [0.1, 0.15) is 12.4 Å². The highest BCUT2D eigenvalue weighted by atomic mass is 32.2. The van der Waals surface area contributed by atoms with Crippen molar-refractivity contribution >= 4 is 17.4 Å². The molecule has 0 aliphatic carbocycles. The molecule has 3 aromatic rings. The van der Waals surface area contributed by atoms with Gasteiger partial charge in [0.25, 0.3) is 5.69 Å². The van der Waals surface area contributed by atoms with Crippen molar-refractivity contribution in [1.82, 2.24) is 14.9 Å². The molecule has 2 N–H and O–H groups in total. The number of hydrogen-bond donors (Lipinski definition) is 1. The van der Waals surface area contributed by atoms with Gasteiger partial charge in [-0.3, -0.25) is 10.1 Å². The molecule has 0 fully saturated rings. The fraction of sp³-hybridized carbons (Fsp3) is 0.300. The van der Waals surface area contributed by atoms with Gasteiger partial charge in [-0.05, 0) is 28.7 Å². The van der Waals surface area contributed by atoms with Crippen LogP contribution in [0.1, 0.15) is 37.7 Å². The minimum absolute atomic E-state index is 0.0655. The number of benzene rings is 2. The zero-order valence-corrected chi connectivity index (χ0v) is 17.3. The van der Waals surface area contributed by atoms with Crippen molar-refractivity contribution in [2.24, 2.45) is 0 Å². The van der Waals surface area contributed by atoms with Gasteiger partial charge >= 0.3 is 0 Å². The molecule has 2 aromatic carbocycles. The van der Waals surface area contributed by atoms with Crippen molar-refractivity contribution in [2.45, 2.75) is 43.7 Å². The lowest BCUT2D eigenvalue weighted by Crippen LogP contribution is -2.16. The Morgan fingerprint density at radius 2 is 1.76 bits per heavy atom. The van der Waals surface area contributed by atoms with Crippen LogP contribution in [0.15, 0.2) is 53.7 Å². The van der Waals surface area contributed by atoms with Crippen LogP contribution in [-0.4, -0.2) is 19.8 Å². The lowest BCUT2D eigenvalue weighted by Gasteiger charge is -2.19. The molecule has 0 spiro atoms. The predicted octanol–water partition coefficient (Wildman–Crippen LogP) is 4.07. The molecule has 152 valence electrons. The fourth-order valence-electron chi connectivity index (χ4n) is 2.56. The Labute approximate surface area is 173 Å². The standard InChI is InChI=1S/C20H23N5O3S/c1-20(2,3)15-6-10-17(11-7-15)28-12-18-22-23-19(24(18)21)29-13-14-4-8-16(9-5-14)25(26)27/h4-11H,12-13,21H2,1-3H3. The molecule has 0 atom stereocenters. The Kier molecular flexibility index (Phi) is 6.07. The zero-order chi connectivity index (χ0) is 21.0. The van der Waals surface area contributed by atoms with E-state index in [1.54, 1.807) is 12.1 Å². The SMILES string of the molecule is CC(C)(C)c1ccc(OCc2nnc(SCc3ccc([N+](=O)[O-])cc3)n2N)cc1. The van der Waals surface area contributed by atoms with Crippen LogP contribution in [0.25, 0.3) is 0 Å². The number of nitrogen functional groups attached to an aromatic ring is 1. The molecule has 0 saturated heterocycles. The highest BCUT2D eigenvalue weighted by Crippen LogP contribution is 2.25. The number of nitrogens with two attached hydrogens (primary N) is 1. The molecule has 0 bridgehead atoms. The van der Waals surface area contributed by atoms with Gasteiger partial charge in [-0.25, -0.2) is 4.68 Å². The van der Waals surface area contributed by atoms with E-state index in [0.717, 1.165) is 11.3 Å². The lowest BCUT2D eigenvalue weighted by molar-refractivity contribution is -0.384. The fourth-order valence-corrected chi connectivity index (χ4v) is 3.40. The summed E-state index contributed by atoms with van der Waals surface area (Å²) in [5.74, 6) is 7.90. The summed E-state index contributed by atoms with van der Waals surface area (Å²) in [5.41, 5.74) is 2.32. The summed E-state index contributed by atoms with van der Waals surface area (Å²) in [6, 6.07) is 14.4. The van der Waals surface area contributed by atoms with E-state index in [-0.39, 0.29) is 17.7 Å². The number of nitro groups is 1. The first-order valence-electron chi connectivity index (χ1n) is 9.03. The third-order valence-electron chi connectivity index (χ3n) is 4.34. The number of aromatic nitrogens is 3. The first-order valence-corrected chi connectivity index (χ1v) is 10.0. The second kappa shape index (κ2) is 8.52. The van der Waals surface area contributed by atoms with Crippen LogP contribution in [-0.2, 0) is 17.8 Å². The second-order valence-electron chi connectivity index (χ2n) is 7.54. The maximum atomic E-state index is 10.7. The van der Waals surface area contributed by atoms with E-state index < -0.39 is 4.92 Å². The van der Waals surface area contributed by atoms with Crippen molar-refractivity contribution in [1.29, 1.82) is 0 Å². The number of thioether (sulfide) groups is 1. The van der Waals surface area contributed by atoms with Crippen molar-refractivity contribution < 1.29 is 9.66 Å². The summed E-state index contributed by atoms with van der Waals surface area (Å²) < 4.78 is 7.18. The number of nitrogens with zero attached hydrogens (tertiary/aromatic N) is 4. The minimum Gasteiger partial charge on any atom is -0.486 e. The van der Waals surface area contributed by atoms with Gasteiger partial charge in [0, 0.05) is 17.9 Å². The quantitative estimate of drug-likeness (QED) is 0.269. The van der Waals surface area contributed by atoms with Crippen LogP contribution in [0.4, 0.5) is 5.69 Å². The third kappa shape index (κ3) is 5.26. The molecule has 29 heavy (non-hydrogen) atoms. The first kappa shape index (κ1) is 20.7. The van der Waals surface area contributed by atoms with Gasteiger partial charge in [-0.1, -0.05) is 56.8 Å². The van der Waals surface area contributed by atoms with Gasteiger partial charge in [-0.2, -0.15) is 0 Å². The Bertz CT molecular complexity index is 979. The molecular weight excluding hydrogens is 390 g/mol. The van der Waals surface area contributed by atoms with E-state index >= 15 is 0 Å². The monoisotopic (exact) mass is 413 g/mol. The highest BCUT2D eigenvalue weighted by molar-refractivity contribution is 7.98. The highest BCUT2D eigenvalue weighted by Gasteiger charge is 2.14. The van der Waals surface area contributed by atoms with Crippen LogP contribution in [0, 0.1) is 10.1 Å². The molecule has 1 heterocycles. The van der Waals surface area contributed by atoms with E-state index in [9.17, 15) is 10.1 Å². The number of non-ortho nitro benzene ring substituents is 1. The van der Waals surface area contributed by atoms with Crippen LogP contribution >= 0.6 is 11.8 Å². The molecule has 1 aromatic heterocycles. The van der Waals surface area contributed by atoms with Crippen LogP contribution in [0.3, 0.4) is 0 Å². The summed E-state index contributed by atoms with van der Waals surface area (Å²) in [6.45, 7) is 6.69. The van der Waals surface area contributed by atoms with Crippen LogP contribution in [0.2, 0.25) is 0 Å². The summed E-state index contributed by atoms with van der Waals surface area (Å²) in [7, 11) is 0. The molecule has 0 aliphatic heterocycles. The molecular formula is C20H23N5O3S. The van der Waals surface area contributed by atoms with E-state index in [0.29, 0.717) is 16.7 Å². The molecule has 8 nitrogen and oxygen atoms in total.